The van der Waals surface area contributed by atoms with E-state index in [1.54, 1.807) is 6.92 Å². The molecule has 2 N–H and O–H groups in total. The van der Waals surface area contributed by atoms with Crippen molar-refractivity contribution in [2.45, 2.75) is 63.1 Å². The number of carbonyl (C=O) groups is 1. The Morgan fingerprint density at radius 1 is 1.24 bits per heavy atom. The molecule has 1 aliphatic carbocycles. The van der Waals surface area contributed by atoms with Crippen LogP contribution in [0.1, 0.15) is 48.9 Å². The highest BCUT2D eigenvalue weighted by Crippen LogP contribution is 2.46. The van der Waals surface area contributed by atoms with E-state index in [9.17, 15) is 13.6 Å². The summed E-state index contributed by atoms with van der Waals surface area (Å²) in [7, 11) is 0. The van der Waals surface area contributed by atoms with Crippen molar-refractivity contribution in [3.63, 3.8) is 0 Å². The van der Waals surface area contributed by atoms with Gasteiger partial charge in [0.05, 0.1) is 29.4 Å². The molecule has 3 fully saturated rings. The first-order valence-corrected chi connectivity index (χ1v) is 11.5. The molecule has 0 aromatic carbocycles. The zero-order valence-corrected chi connectivity index (χ0v) is 19.2. The van der Waals surface area contributed by atoms with E-state index >= 15 is 0 Å². The van der Waals surface area contributed by atoms with Crippen molar-refractivity contribution in [2.75, 3.05) is 18.5 Å². The van der Waals surface area contributed by atoms with Gasteiger partial charge < -0.3 is 20.1 Å². The number of aromatic nitrogens is 2. The van der Waals surface area contributed by atoms with E-state index in [1.807, 2.05) is 0 Å². The molecule has 2 aromatic rings. The van der Waals surface area contributed by atoms with E-state index in [0.29, 0.717) is 41.1 Å². The minimum atomic E-state index is -0.436. The summed E-state index contributed by atoms with van der Waals surface area (Å²) in [5.41, 5.74) is 0.568. The number of carbonyl (C=O) groups excluding carboxylic acids is 1. The van der Waals surface area contributed by atoms with E-state index in [0.717, 1.165) is 25.7 Å². The molecular weight excluding hydrogens is 442 g/mol. The molecule has 0 spiro atoms. The minimum Gasteiger partial charge on any atom is -0.479 e. The summed E-state index contributed by atoms with van der Waals surface area (Å²) in [5, 5.41) is 7.17. The molecule has 0 unspecified atom stereocenters. The Morgan fingerprint density at radius 3 is 2.71 bits per heavy atom. The fraction of sp³-hybridized carbons (Fsp3) is 0.480. The van der Waals surface area contributed by atoms with Crippen molar-refractivity contribution >= 4 is 24.9 Å². The third kappa shape index (κ3) is 3.96. The average Bonchev–Trinajstić information content (AvgIpc) is 2.84. The van der Waals surface area contributed by atoms with Gasteiger partial charge in [-0.05, 0) is 56.2 Å². The molecule has 0 radical (unpaired) electrons. The largest absolute Gasteiger partial charge is 0.479 e. The molecule has 6 rings (SSSR count). The summed E-state index contributed by atoms with van der Waals surface area (Å²) < 4.78 is 40.9. The van der Waals surface area contributed by atoms with Crippen LogP contribution < -0.4 is 25.9 Å². The maximum absolute atomic E-state index is 14.9. The van der Waals surface area contributed by atoms with Crippen LogP contribution in [0.2, 0.25) is 0 Å². The zero-order valence-electron chi connectivity index (χ0n) is 19.2. The molecule has 2 aromatic heterocycles. The second kappa shape index (κ2) is 8.39. The number of fused-ring (bicyclic) bond motifs is 4. The number of amides is 1. The molecule has 2 saturated heterocycles. The Labute approximate surface area is 196 Å². The second-order valence-electron chi connectivity index (χ2n) is 9.63. The first-order valence-electron chi connectivity index (χ1n) is 11.5. The average molecular weight is 471 g/mol. The van der Waals surface area contributed by atoms with Crippen molar-refractivity contribution in [2.24, 2.45) is 0 Å². The summed E-state index contributed by atoms with van der Waals surface area (Å²) in [5.74, 6) is -0.561. The lowest BCUT2D eigenvalue weighted by molar-refractivity contribution is -0.165. The van der Waals surface area contributed by atoms with E-state index in [1.165, 1.54) is 6.20 Å². The van der Waals surface area contributed by atoms with Crippen LogP contribution in [0.5, 0.6) is 5.75 Å². The van der Waals surface area contributed by atoms with Gasteiger partial charge in [-0.15, -0.1) is 0 Å². The fourth-order valence-electron chi connectivity index (χ4n) is 5.23. The highest BCUT2D eigenvalue weighted by Gasteiger charge is 2.49. The first kappa shape index (κ1) is 22.9. The Kier molecular flexibility index (Phi) is 5.64. The molecule has 2 bridgehead atoms. The standard InChI is InChI=1S/C25H28F2N4O3/c1-14-16(3)28-10-18(26)17(14)4-5-25-8-6-24(7-9-25,13-34-25)29-11-19-21(27)15(2)22-23(30-19)31-20(32)12-33-22/h10,29H,1,3-9,11-13H2,2H3,(H,30,31,32). The van der Waals surface area contributed by atoms with Crippen molar-refractivity contribution in [1.29, 1.82) is 0 Å². The van der Waals surface area contributed by atoms with Crippen molar-refractivity contribution < 1.29 is 23.0 Å². The van der Waals surface area contributed by atoms with Gasteiger partial charge in [0.1, 0.15) is 5.82 Å². The molecule has 1 saturated carbocycles. The summed E-state index contributed by atoms with van der Waals surface area (Å²) in [4.78, 5) is 19.9. The fourth-order valence-corrected chi connectivity index (χ4v) is 5.23. The van der Waals surface area contributed by atoms with Gasteiger partial charge in [0.15, 0.2) is 24.0 Å². The van der Waals surface area contributed by atoms with Gasteiger partial charge in [0.25, 0.3) is 5.91 Å². The number of nitrogens with one attached hydrogen (secondary N) is 2. The van der Waals surface area contributed by atoms with Gasteiger partial charge in [0, 0.05) is 17.6 Å². The van der Waals surface area contributed by atoms with E-state index < -0.39 is 5.82 Å². The van der Waals surface area contributed by atoms with Gasteiger partial charge >= 0.3 is 0 Å². The molecule has 4 aliphatic rings. The van der Waals surface area contributed by atoms with Gasteiger partial charge in [-0.25, -0.2) is 13.8 Å². The number of ether oxygens (including phenoxy) is 2. The maximum atomic E-state index is 14.9. The van der Waals surface area contributed by atoms with Crippen LogP contribution in [-0.4, -0.2) is 40.2 Å². The van der Waals surface area contributed by atoms with Gasteiger partial charge in [0.2, 0.25) is 0 Å². The lowest BCUT2D eigenvalue weighted by atomic mass is 9.69. The van der Waals surface area contributed by atoms with Crippen molar-refractivity contribution in [3.8, 4) is 5.75 Å². The smallest absolute Gasteiger partial charge is 0.263 e. The maximum Gasteiger partial charge on any atom is 0.263 e. The molecule has 0 atom stereocenters. The molecule has 9 heteroatoms. The van der Waals surface area contributed by atoms with Crippen LogP contribution >= 0.6 is 0 Å². The van der Waals surface area contributed by atoms with Gasteiger partial charge in [-0.1, -0.05) is 13.2 Å². The summed E-state index contributed by atoms with van der Waals surface area (Å²) in [6.07, 6.45) is 5.83. The predicted octanol–water partition coefficient (Wildman–Crippen LogP) is 2.02. The van der Waals surface area contributed by atoms with Crippen LogP contribution in [0.4, 0.5) is 14.6 Å². The summed E-state index contributed by atoms with van der Waals surface area (Å²) in [6, 6.07) is 0. The van der Waals surface area contributed by atoms with E-state index in [-0.39, 0.29) is 53.3 Å². The monoisotopic (exact) mass is 470 g/mol. The highest BCUT2D eigenvalue weighted by atomic mass is 19.1. The third-order valence-electron chi connectivity index (χ3n) is 7.56. The highest BCUT2D eigenvalue weighted by molar-refractivity contribution is 5.94. The third-order valence-corrected chi connectivity index (χ3v) is 7.56. The number of pyridine rings is 2. The van der Waals surface area contributed by atoms with Gasteiger partial charge in [-0.3, -0.25) is 9.78 Å². The zero-order chi connectivity index (χ0) is 24.1. The minimum absolute atomic E-state index is 0.144. The predicted molar refractivity (Wildman–Crippen MR) is 123 cm³/mol. The number of nitrogens with zero attached hydrogens (tertiary/aromatic N) is 2. The molecular formula is C25H28F2N4O3. The normalized spacial score (nSPS) is 25.6. The molecule has 1 amide bonds. The first-order chi connectivity index (χ1) is 16.2. The number of anilines is 1. The Morgan fingerprint density at radius 2 is 2.00 bits per heavy atom. The SMILES string of the molecule is C=c1ncc(F)c(CCC23CCC(NCc4nc5c(c(C)c4F)OCC(=O)N5)(CC2)CO3)c1=C. The second-order valence-corrected chi connectivity index (χ2v) is 9.63. The van der Waals surface area contributed by atoms with E-state index in [2.05, 4.69) is 33.8 Å². The number of hydrogen-bond donors (Lipinski definition) is 2. The van der Waals surface area contributed by atoms with Crippen LogP contribution in [-0.2, 0) is 22.5 Å². The van der Waals surface area contributed by atoms with Crippen LogP contribution in [0.3, 0.4) is 0 Å². The summed E-state index contributed by atoms with van der Waals surface area (Å²) >= 11 is 0. The number of hydrogen-bond acceptors (Lipinski definition) is 6. The summed E-state index contributed by atoms with van der Waals surface area (Å²) in [6.45, 7) is 9.93. The molecule has 3 aliphatic heterocycles. The van der Waals surface area contributed by atoms with Crippen molar-refractivity contribution in [1.82, 2.24) is 15.3 Å². The molecule has 34 heavy (non-hydrogen) atoms. The lowest BCUT2D eigenvalue weighted by Gasteiger charge is -2.53. The van der Waals surface area contributed by atoms with Gasteiger partial charge in [-0.2, -0.15) is 0 Å². The van der Waals surface area contributed by atoms with Crippen LogP contribution in [0.25, 0.3) is 13.2 Å². The Balaban J connectivity index is 1.24. The van der Waals surface area contributed by atoms with Crippen molar-refractivity contribution in [3.05, 3.63) is 45.2 Å². The molecule has 5 heterocycles. The van der Waals surface area contributed by atoms with Crippen LogP contribution in [0.15, 0.2) is 6.20 Å². The quantitative estimate of drug-likeness (QED) is 0.672. The topological polar surface area (TPSA) is 85.4 Å². The van der Waals surface area contributed by atoms with E-state index in [4.69, 9.17) is 9.47 Å². The van der Waals surface area contributed by atoms with Crippen LogP contribution in [0, 0.1) is 18.6 Å². The number of rotatable bonds is 6. The number of halogens is 2. The Hall–Kier alpha value is -2.91. The molecule has 7 nitrogen and oxygen atoms in total. The molecule has 180 valence electrons. The Bertz CT molecular complexity index is 1240. The lowest BCUT2D eigenvalue weighted by Crippen LogP contribution is -2.61.